The van der Waals surface area contributed by atoms with E-state index < -0.39 is 0 Å². The Kier molecular flexibility index (Phi) is 4.40. The molecule has 2 heterocycles. The van der Waals surface area contributed by atoms with E-state index in [1.54, 1.807) is 17.4 Å². The fraction of sp³-hybridized carbons (Fsp3) is 0.273. The normalized spacial score (nSPS) is 12.2. The van der Waals surface area contributed by atoms with Crippen LogP contribution in [0.2, 0.25) is 0 Å². The smallest absolute Gasteiger partial charge is 0.191 e. The molecule has 2 aromatic heterocycles. The predicted octanol–water partition coefficient (Wildman–Crippen LogP) is 2.72. The number of hydrazine groups is 1. The Morgan fingerprint density at radius 1 is 1.39 bits per heavy atom. The van der Waals surface area contributed by atoms with E-state index in [1.165, 1.54) is 16.6 Å². The molecule has 0 amide bonds. The average Bonchev–Trinajstić information content (AvgIpc) is 2.92. The highest BCUT2D eigenvalue weighted by atomic mass is 32.2. The van der Waals surface area contributed by atoms with Gasteiger partial charge in [-0.3, -0.25) is 0 Å². The molecule has 0 aliphatic rings. The fourth-order valence-electron chi connectivity index (χ4n) is 1.49. The van der Waals surface area contributed by atoms with Crippen LogP contribution in [-0.4, -0.2) is 16.2 Å². The molecule has 1 unspecified atom stereocenters. The molecule has 7 heteroatoms. The minimum Gasteiger partial charge on any atom is -0.363 e. The maximum Gasteiger partial charge on any atom is 0.191 e. The van der Waals surface area contributed by atoms with Gasteiger partial charge < -0.3 is 10.7 Å². The molecule has 4 N–H and O–H groups in total. The third-order valence-corrected chi connectivity index (χ3v) is 3.97. The molecule has 0 bridgehead atoms. The number of nitrogens with two attached hydrogens (primary N) is 1. The Balaban J connectivity index is 2.17. The number of nitrogens with zero attached hydrogens (tertiary/aromatic N) is 2. The Bertz CT molecular complexity index is 478. The summed E-state index contributed by atoms with van der Waals surface area (Å²) in [6.07, 6.45) is 1.93. The lowest BCUT2D eigenvalue weighted by Gasteiger charge is -2.14. The van der Waals surface area contributed by atoms with Crippen molar-refractivity contribution in [3.63, 3.8) is 0 Å². The standard InChI is InChI=1S/C11H15N5S2/c1-7(8-4-3-5-18-8)13-9-6-10(16-12)15-11(14-9)17-2/h3-7H,12H2,1-2H3,(H2,13,14,15,16). The first-order valence-corrected chi connectivity index (χ1v) is 7.53. The zero-order valence-corrected chi connectivity index (χ0v) is 11.8. The van der Waals surface area contributed by atoms with Crippen LogP contribution in [0.4, 0.5) is 11.6 Å². The van der Waals surface area contributed by atoms with Crippen molar-refractivity contribution in [2.24, 2.45) is 5.84 Å². The first kappa shape index (κ1) is 13.1. The molecular weight excluding hydrogens is 266 g/mol. The van der Waals surface area contributed by atoms with Crippen molar-refractivity contribution in [3.8, 4) is 0 Å². The van der Waals surface area contributed by atoms with E-state index in [0.717, 1.165) is 5.82 Å². The molecule has 2 aromatic rings. The number of thioether (sulfide) groups is 1. The first-order chi connectivity index (χ1) is 8.72. The highest BCUT2D eigenvalue weighted by Gasteiger charge is 2.09. The van der Waals surface area contributed by atoms with Gasteiger partial charge in [0.2, 0.25) is 0 Å². The van der Waals surface area contributed by atoms with Gasteiger partial charge in [0.05, 0.1) is 6.04 Å². The van der Waals surface area contributed by atoms with E-state index in [9.17, 15) is 0 Å². The maximum absolute atomic E-state index is 5.39. The van der Waals surface area contributed by atoms with Crippen molar-refractivity contribution in [2.75, 3.05) is 17.0 Å². The minimum absolute atomic E-state index is 0.209. The van der Waals surface area contributed by atoms with Gasteiger partial charge in [-0.05, 0) is 24.6 Å². The number of nitrogens with one attached hydrogen (secondary N) is 2. The predicted molar refractivity (Wildman–Crippen MR) is 78.0 cm³/mol. The Morgan fingerprint density at radius 2 is 2.17 bits per heavy atom. The van der Waals surface area contributed by atoms with Crippen molar-refractivity contribution in [3.05, 3.63) is 28.5 Å². The zero-order chi connectivity index (χ0) is 13.0. The summed E-state index contributed by atoms with van der Waals surface area (Å²) in [5.41, 5.74) is 2.55. The summed E-state index contributed by atoms with van der Waals surface area (Å²) in [5.74, 6) is 6.77. The largest absolute Gasteiger partial charge is 0.363 e. The Morgan fingerprint density at radius 3 is 2.78 bits per heavy atom. The van der Waals surface area contributed by atoms with Gasteiger partial charge in [-0.15, -0.1) is 11.3 Å². The van der Waals surface area contributed by atoms with Crippen LogP contribution in [-0.2, 0) is 0 Å². The SMILES string of the molecule is CSc1nc(NN)cc(NC(C)c2cccs2)n1. The Labute approximate surface area is 114 Å². The second-order valence-corrected chi connectivity index (χ2v) is 5.40. The van der Waals surface area contributed by atoms with Gasteiger partial charge in [-0.25, -0.2) is 15.8 Å². The van der Waals surface area contributed by atoms with E-state index in [1.807, 2.05) is 12.3 Å². The van der Waals surface area contributed by atoms with Crippen LogP contribution in [0.25, 0.3) is 0 Å². The van der Waals surface area contributed by atoms with Crippen LogP contribution in [0, 0.1) is 0 Å². The lowest BCUT2D eigenvalue weighted by Crippen LogP contribution is -2.12. The van der Waals surface area contributed by atoms with Crippen molar-refractivity contribution in [2.45, 2.75) is 18.1 Å². The topological polar surface area (TPSA) is 75.9 Å². The molecule has 0 saturated heterocycles. The molecule has 0 aliphatic carbocycles. The molecule has 0 spiro atoms. The molecule has 1 atom stereocenters. The fourth-order valence-corrected chi connectivity index (χ4v) is 2.61. The molecule has 5 nitrogen and oxygen atoms in total. The number of thiophene rings is 1. The monoisotopic (exact) mass is 281 g/mol. The van der Waals surface area contributed by atoms with Gasteiger partial charge in [0, 0.05) is 10.9 Å². The molecule has 0 fully saturated rings. The zero-order valence-electron chi connectivity index (χ0n) is 10.2. The number of hydrogen-bond donors (Lipinski definition) is 3. The maximum atomic E-state index is 5.39. The van der Waals surface area contributed by atoms with Gasteiger partial charge in [-0.2, -0.15) is 0 Å². The van der Waals surface area contributed by atoms with Crippen LogP contribution in [0.5, 0.6) is 0 Å². The highest BCUT2D eigenvalue weighted by Crippen LogP contribution is 2.24. The molecule has 0 aliphatic heterocycles. The number of nitrogen functional groups attached to an aromatic ring is 1. The molecule has 0 radical (unpaired) electrons. The first-order valence-electron chi connectivity index (χ1n) is 5.42. The van der Waals surface area contributed by atoms with E-state index in [4.69, 9.17) is 5.84 Å². The third kappa shape index (κ3) is 3.12. The van der Waals surface area contributed by atoms with Gasteiger partial charge in [0.1, 0.15) is 11.6 Å². The molecule has 2 rings (SSSR count). The highest BCUT2D eigenvalue weighted by molar-refractivity contribution is 7.98. The lowest BCUT2D eigenvalue weighted by atomic mass is 10.3. The van der Waals surface area contributed by atoms with Crippen molar-refractivity contribution >= 4 is 34.7 Å². The molecule has 96 valence electrons. The summed E-state index contributed by atoms with van der Waals surface area (Å²) < 4.78 is 0. The van der Waals surface area contributed by atoms with E-state index in [-0.39, 0.29) is 6.04 Å². The van der Waals surface area contributed by atoms with Crippen LogP contribution in [0.3, 0.4) is 0 Å². The summed E-state index contributed by atoms with van der Waals surface area (Å²) in [5, 5.41) is 6.09. The van der Waals surface area contributed by atoms with E-state index in [0.29, 0.717) is 11.0 Å². The molecule has 0 saturated carbocycles. The lowest BCUT2D eigenvalue weighted by molar-refractivity contribution is 0.872. The quantitative estimate of drug-likeness (QED) is 0.338. The van der Waals surface area contributed by atoms with Gasteiger partial charge in [-0.1, -0.05) is 17.8 Å². The minimum atomic E-state index is 0.209. The number of aromatic nitrogens is 2. The van der Waals surface area contributed by atoms with Crippen LogP contribution in [0.1, 0.15) is 17.8 Å². The second kappa shape index (κ2) is 6.03. The van der Waals surface area contributed by atoms with Crippen molar-refractivity contribution in [1.29, 1.82) is 0 Å². The van der Waals surface area contributed by atoms with Crippen molar-refractivity contribution in [1.82, 2.24) is 9.97 Å². The van der Waals surface area contributed by atoms with Gasteiger partial charge >= 0.3 is 0 Å². The molecule has 0 aromatic carbocycles. The van der Waals surface area contributed by atoms with E-state index in [2.05, 4.69) is 39.1 Å². The number of anilines is 2. The third-order valence-electron chi connectivity index (χ3n) is 2.37. The summed E-state index contributed by atoms with van der Waals surface area (Å²) in [6.45, 7) is 2.10. The van der Waals surface area contributed by atoms with Crippen LogP contribution in [0.15, 0.2) is 28.7 Å². The summed E-state index contributed by atoms with van der Waals surface area (Å²) >= 11 is 3.20. The number of hydrogen-bond acceptors (Lipinski definition) is 7. The van der Waals surface area contributed by atoms with Crippen LogP contribution < -0.4 is 16.6 Å². The molecule has 18 heavy (non-hydrogen) atoms. The van der Waals surface area contributed by atoms with Crippen LogP contribution >= 0.6 is 23.1 Å². The molecular formula is C11H15N5S2. The summed E-state index contributed by atoms with van der Waals surface area (Å²) in [7, 11) is 0. The second-order valence-electron chi connectivity index (χ2n) is 3.65. The average molecular weight is 281 g/mol. The van der Waals surface area contributed by atoms with Crippen molar-refractivity contribution < 1.29 is 0 Å². The Hall–Kier alpha value is -1.31. The van der Waals surface area contributed by atoms with Gasteiger partial charge in [0.25, 0.3) is 0 Å². The van der Waals surface area contributed by atoms with E-state index >= 15 is 0 Å². The summed E-state index contributed by atoms with van der Waals surface area (Å²) in [4.78, 5) is 9.88. The number of rotatable bonds is 5. The summed E-state index contributed by atoms with van der Waals surface area (Å²) in [6, 6.07) is 6.14. The van der Waals surface area contributed by atoms with Gasteiger partial charge in [0.15, 0.2) is 5.16 Å².